The number of benzene rings is 1. The van der Waals surface area contributed by atoms with E-state index in [1.165, 1.54) is 15.5 Å². The predicted octanol–water partition coefficient (Wildman–Crippen LogP) is 1.53. The molecule has 3 rings (SSSR count). The third-order valence-electron chi connectivity index (χ3n) is 4.21. The molecule has 1 N–H and O–H groups in total. The van der Waals surface area contributed by atoms with Gasteiger partial charge >= 0.3 is 0 Å². The number of anilines is 1. The zero-order valence-electron chi connectivity index (χ0n) is 14.2. The van der Waals surface area contributed by atoms with Crippen molar-refractivity contribution in [2.24, 2.45) is 0 Å². The van der Waals surface area contributed by atoms with Crippen LogP contribution in [0.2, 0.25) is 0 Å². The van der Waals surface area contributed by atoms with E-state index >= 15 is 0 Å². The van der Waals surface area contributed by atoms with E-state index in [4.69, 9.17) is 0 Å². The summed E-state index contributed by atoms with van der Waals surface area (Å²) in [6, 6.07) is 11.9. The van der Waals surface area contributed by atoms with E-state index < -0.39 is 0 Å². The third kappa shape index (κ3) is 4.24. The Morgan fingerprint density at radius 2 is 1.65 bits per heavy atom. The molecule has 7 nitrogen and oxygen atoms in total. The van der Waals surface area contributed by atoms with Crippen molar-refractivity contribution in [2.75, 3.05) is 5.32 Å². The maximum Gasteiger partial charge on any atom is 0.250 e. The number of aromatic nitrogens is 1. The molecule has 2 aromatic rings. The smallest absolute Gasteiger partial charge is 0.250 e. The standard InChI is InChI=1S/C19H19N3O4/c23-16(10-12-21-11-2-1-3-17(21)24)20-15-6-4-14(5-7-15)13-22-18(25)8-9-19(22)26/h1-7,11H,8-10,12-13H2,(H,20,23). The van der Waals surface area contributed by atoms with Crippen LogP contribution in [-0.2, 0) is 27.5 Å². The lowest BCUT2D eigenvalue weighted by atomic mass is 10.2. The van der Waals surface area contributed by atoms with Crippen molar-refractivity contribution >= 4 is 23.4 Å². The summed E-state index contributed by atoms with van der Waals surface area (Å²) in [5.41, 5.74) is 1.30. The molecule has 134 valence electrons. The molecular weight excluding hydrogens is 334 g/mol. The molecule has 0 unspecified atom stereocenters. The third-order valence-corrected chi connectivity index (χ3v) is 4.21. The molecular formula is C19H19N3O4. The zero-order valence-corrected chi connectivity index (χ0v) is 14.2. The van der Waals surface area contributed by atoms with Crippen LogP contribution in [0.5, 0.6) is 0 Å². The van der Waals surface area contributed by atoms with Gasteiger partial charge in [0.05, 0.1) is 6.54 Å². The fourth-order valence-corrected chi connectivity index (χ4v) is 2.77. The van der Waals surface area contributed by atoms with Gasteiger partial charge in [0.25, 0.3) is 5.56 Å². The monoisotopic (exact) mass is 353 g/mol. The molecule has 1 aliphatic heterocycles. The number of nitrogens with zero attached hydrogens (tertiary/aromatic N) is 2. The number of aryl methyl sites for hydroxylation is 1. The van der Waals surface area contributed by atoms with Crippen LogP contribution in [0.1, 0.15) is 24.8 Å². The number of hydrogen-bond donors (Lipinski definition) is 1. The highest BCUT2D eigenvalue weighted by atomic mass is 16.2. The van der Waals surface area contributed by atoms with E-state index in [0.717, 1.165) is 5.56 Å². The van der Waals surface area contributed by atoms with Crippen molar-refractivity contribution in [1.82, 2.24) is 9.47 Å². The molecule has 0 saturated carbocycles. The van der Waals surface area contributed by atoms with Gasteiger partial charge in [-0.3, -0.25) is 24.1 Å². The Balaban J connectivity index is 1.53. The van der Waals surface area contributed by atoms with Crippen LogP contribution in [0, 0.1) is 0 Å². The molecule has 3 amide bonds. The van der Waals surface area contributed by atoms with Gasteiger partial charge in [0.2, 0.25) is 17.7 Å². The summed E-state index contributed by atoms with van der Waals surface area (Å²) in [6.45, 7) is 0.561. The maximum absolute atomic E-state index is 12.0. The lowest BCUT2D eigenvalue weighted by molar-refractivity contribution is -0.139. The Hall–Kier alpha value is -3.22. The minimum absolute atomic E-state index is 0.143. The Labute approximate surface area is 150 Å². The van der Waals surface area contributed by atoms with E-state index in [-0.39, 0.29) is 49.1 Å². The number of imide groups is 1. The lowest BCUT2D eigenvalue weighted by Gasteiger charge is -2.14. The molecule has 26 heavy (non-hydrogen) atoms. The largest absolute Gasteiger partial charge is 0.326 e. The minimum atomic E-state index is -0.196. The van der Waals surface area contributed by atoms with Gasteiger partial charge in [0, 0.05) is 43.8 Å². The molecule has 1 saturated heterocycles. The molecule has 0 aliphatic carbocycles. The van der Waals surface area contributed by atoms with Gasteiger partial charge in [-0.25, -0.2) is 0 Å². The van der Waals surface area contributed by atoms with Crippen LogP contribution in [0.15, 0.2) is 53.5 Å². The topological polar surface area (TPSA) is 88.5 Å². The van der Waals surface area contributed by atoms with Crippen molar-refractivity contribution in [3.63, 3.8) is 0 Å². The second kappa shape index (κ2) is 7.77. The summed E-state index contributed by atoms with van der Waals surface area (Å²) in [7, 11) is 0. The molecule has 1 aromatic carbocycles. The molecule has 0 radical (unpaired) electrons. The zero-order chi connectivity index (χ0) is 18.5. The van der Waals surface area contributed by atoms with Crippen LogP contribution in [0.4, 0.5) is 5.69 Å². The number of carbonyl (C=O) groups excluding carboxylic acids is 3. The number of hydrogen-bond acceptors (Lipinski definition) is 4. The molecule has 0 atom stereocenters. The van der Waals surface area contributed by atoms with Gasteiger partial charge < -0.3 is 9.88 Å². The van der Waals surface area contributed by atoms with E-state index in [0.29, 0.717) is 12.2 Å². The van der Waals surface area contributed by atoms with Gasteiger partial charge in [-0.2, -0.15) is 0 Å². The lowest BCUT2D eigenvalue weighted by Crippen LogP contribution is -2.28. The van der Waals surface area contributed by atoms with Gasteiger partial charge in [-0.05, 0) is 23.8 Å². The summed E-state index contributed by atoms with van der Waals surface area (Å²) in [5.74, 6) is -0.495. The molecule has 0 bridgehead atoms. The van der Waals surface area contributed by atoms with Crippen molar-refractivity contribution in [2.45, 2.75) is 32.4 Å². The van der Waals surface area contributed by atoms with Crippen LogP contribution < -0.4 is 10.9 Å². The minimum Gasteiger partial charge on any atom is -0.326 e. The Morgan fingerprint density at radius 1 is 0.962 bits per heavy atom. The number of nitrogens with one attached hydrogen (secondary N) is 1. The number of pyridine rings is 1. The second-order valence-corrected chi connectivity index (χ2v) is 6.10. The fraction of sp³-hybridized carbons (Fsp3) is 0.263. The Bertz CT molecular complexity index is 870. The summed E-state index contributed by atoms with van der Waals surface area (Å²) < 4.78 is 1.48. The van der Waals surface area contributed by atoms with Crippen molar-refractivity contribution in [1.29, 1.82) is 0 Å². The molecule has 2 heterocycles. The second-order valence-electron chi connectivity index (χ2n) is 6.10. The van der Waals surface area contributed by atoms with Gasteiger partial charge in [0.1, 0.15) is 0 Å². The molecule has 7 heteroatoms. The number of carbonyl (C=O) groups is 3. The number of amides is 3. The van der Waals surface area contributed by atoms with Crippen LogP contribution >= 0.6 is 0 Å². The molecule has 0 spiro atoms. The maximum atomic E-state index is 12.0. The molecule has 1 aromatic heterocycles. The highest BCUT2D eigenvalue weighted by Gasteiger charge is 2.28. The van der Waals surface area contributed by atoms with E-state index in [9.17, 15) is 19.2 Å². The number of likely N-dealkylation sites (tertiary alicyclic amines) is 1. The first-order valence-electron chi connectivity index (χ1n) is 8.40. The van der Waals surface area contributed by atoms with Gasteiger partial charge in [-0.15, -0.1) is 0 Å². The highest BCUT2D eigenvalue weighted by molar-refractivity contribution is 6.01. The van der Waals surface area contributed by atoms with Crippen LogP contribution in [0.3, 0.4) is 0 Å². The quantitative estimate of drug-likeness (QED) is 0.798. The SMILES string of the molecule is O=C(CCn1ccccc1=O)Nc1ccc(CN2C(=O)CCC2=O)cc1. The Morgan fingerprint density at radius 3 is 2.31 bits per heavy atom. The van der Waals surface area contributed by atoms with Crippen molar-refractivity contribution < 1.29 is 14.4 Å². The van der Waals surface area contributed by atoms with E-state index in [1.807, 2.05) is 0 Å². The van der Waals surface area contributed by atoms with Gasteiger partial charge in [0.15, 0.2) is 0 Å². The average Bonchev–Trinajstić information content (AvgIpc) is 2.94. The summed E-state index contributed by atoms with van der Waals surface area (Å²) in [6.07, 6.45) is 2.38. The van der Waals surface area contributed by atoms with E-state index in [1.54, 1.807) is 42.6 Å². The first-order chi connectivity index (χ1) is 12.5. The first kappa shape index (κ1) is 17.6. The van der Waals surface area contributed by atoms with Crippen LogP contribution in [0.25, 0.3) is 0 Å². The summed E-state index contributed by atoms with van der Waals surface area (Å²) in [4.78, 5) is 48.1. The highest BCUT2D eigenvalue weighted by Crippen LogP contribution is 2.17. The predicted molar refractivity (Wildman–Crippen MR) is 95.2 cm³/mol. The Kier molecular flexibility index (Phi) is 5.26. The van der Waals surface area contributed by atoms with E-state index in [2.05, 4.69) is 5.32 Å². The van der Waals surface area contributed by atoms with Gasteiger partial charge in [-0.1, -0.05) is 18.2 Å². The summed E-state index contributed by atoms with van der Waals surface area (Å²) >= 11 is 0. The molecule has 1 aliphatic rings. The number of rotatable bonds is 6. The van der Waals surface area contributed by atoms with Crippen LogP contribution in [-0.4, -0.2) is 27.2 Å². The first-order valence-corrected chi connectivity index (χ1v) is 8.40. The average molecular weight is 353 g/mol. The van der Waals surface area contributed by atoms with Crippen molar-refractivity contribution in [3.05, 3.63) is 64.6 Å². The fourth-order valence-electron chi connectivity index (χ4n) is 2.77. The molecule has 1 fully saturated rings. The summed E-state index contributed by atoms with van der Waals surface area (Å²) in [5, 5.41) is 2.77. The normalized spacial score (nSPS) is 13.9. The van der Waals surface area contributed by atoms with Crippen molar-refractivity contribution in [3.8, 4) is 0 Å².